The van der Waals surface area contributed by atoms with Crippen molar-refractivity contribution in [1.29, 1.82) is 0 Å². The van der Waals surface area contributed by atoms with Gasteiger partial charge in [-0.15, -0.1) is 0 Å². The number of aromatic amines is 1. The maximum Gasteiger partial charge on any atom is 0.178 e. The number of fused-ring (bicyclic) bond motifs is 1. The van der Waals surface area contributed by atoms with Crippen LogP contribution in [0.5, 0.6) is 0 Å². The number of hydrogen-bond donors (Lipinski definition) is 1. The van der Waals surface area contributed by atoms with Gasteiger partial charge in [-0.05, 0) is 49.0 Å². The average Bonchev–Trinajstić information content (AvgIpc) is 2.87. The maximum absolute atomic E-state index is 6.12. The second-order valence-electron chi connectivity index (χ2n) is 5.61. The molecule has 102 valence electrons. The Morgan fingerprint density at radius 1 is 1.32 bits per heavy atom. The normalized spacial score (nSPS) is 23.3. The van der Waals surface area contributed by atoms with E-state index in [1.165, 1.54) is 19.3 Å². The Hall–Kier alpha value is -0.510. The second-order valence-corrected chi connectivity index (χ2v) is 6.81. The molecule has 19 heavy (non-hydrogen) atoms. The summed E-state index contributed by atoms with van der Waals surface area (Å²) in [5, 5.41) is 1.14. The summed E-state index contributed by atoms with van der Waals surface area (Å²) >= 11 is 17.6. The van der Waals surface area contributed by atoms with E-state index in [4.69, 9.17) is 35.4 Å². The van der Waals surface area contributed by atoms with E-state index in [9.17, 15) is 0 Å². The SMILES string of the molecule is CC1CCC(Cn2c(=S)[nH]c3cc(Cl)c(Cl)cc32)C1. The molecule has 3 rings (SSSR count). The molecule has 1 aromatic carbocycles. The van der Waals surface area contributed by atoms with E-state index in [0.717, 1.165) is 34.2 Å². The van der Waals surface area contributed by atoms with Crippen molar-refractivity contribution in [2.24, 2.45) is 11.8 Å². The van der Waals surface area contributed by atoms with Gasteiger partial charge < -0.3 is 9.55 Å². The third-order valence-electron chi connectivity index (χ3n) is 4.06. The quantitative estimate of drug-likeness (QED) is 0.732. The van der Waals surface area contributed by atoms with E-state index < -0.39 is 0 Å². The molecule has 2 aromatic rings. The molecule has 1 fully saturated rings. The van der Waals surface area contributed by atoms with Crippen molar-refractivity contribution < 1.29 is 0 Å². The first-order chi connectivity index (χ1) is 9.04. The van der Waals surface area contributed by atoms with Crippen LogP contribution < -0.4 is 0 Å². The molecule has 0 aliphatic heterocycles. The lowest BCUT2D eigenvalue weighted by Crippen LogP contribution is -2.07. The van der Waals surface area contributed by atoms with E-state index in [-0.39, 0.29) is 0 Å². The lowest BCUT2D eigenvalue weighted by atomic mass is 10.1. The number of hydrogen-bond acceptors (Lipinski definition) is 1. The van der Waals surface area contributed by atoms with Crippen LogP contribution in [0.4, 0.5) is 0 Å². The van der Waals surface area contributed by atoms with Gasteiger partial charge in [-0.2, -0.15) is 0 Å². The van der Waals surface area contributed by atoms with Crippen LogP contribution in [0.15, 0.2) is 12.1 Å². The van der Waals surface area contributed by atoms with E-state index in [1.54, 1.807) is 0 Å². The number of rotatable bonds is 2. The molecule has 0 amide bonds. The van der Waals surface area contributed by atoms with Crippen molar-refractivity contribution in [2.75, 3.05) is 0 Å². The third-order valence-corrected chi connectivity index (χ3v) is 5.10. The molecule has 5 heteroatoms. The highest BCUT2D eigenvalue weighted by atomic mass is 35.5. The number of benzene rings is 1. The van der Waals surface area contributed by atoms with E-state index in [2.05, 4.69) is 16.5 Å². The first-order valence-electron chi connectivity index (χ1n) is 6.62. The minimum atomic E-state index is 0.562. The van der Waals surface area contributed by atoms with Crippen molar-refractivity contribution in [1.82, 2.24) is 9.55 Å². The Bertz CT molecular complexity index is 674. The Morgan fingerprint density at radius 3 is 2.74 bits per heavy atom. The monoisotopic (exact) mass is 314 g/mol. The maximum atomic E-state index is 6.12. The molecule has 0 radical (unpaired) electrons. The zero-order valence-electron chi connectivity index (χ0n) is 10.7. The van der Waals surface area contributed by atoms with Gasteiger partial charge >= 0.3 is 0 Å². The number of nitrogens with one attached hydrogen (secondary N) is 1. The first kappa shape index (κ1) is 13.5. The minimum Gasteiger partial charge on any atom is -0.331 e. The molecule has 1 aliphatic rings. The Labute approximate surface area is 127 Å². The first-order valence-corrected chi connectivity index (χ1v) is 7.78. The molecule has 2 unspecified atom stereocenters. The fourth-order valence-corrected chi connectivity index (χ4v) is 3.69. The number of halogens is 2. The highest BCUT2D eigenvalue weighted by Gasteiger charge is 2.22. The summed E-state index contributed by atoms with van der Waals surface area (Å²) in [6, 6.07) is 3.76. The van der Waals surface area contributed by atoms with Crippen LogP contribution in [0.25, 0.3) is 11.0 Å². The molecule has 1 heterocycles. The minimum absolute atomic E-state index is 0.562. The summed E-state index contributed by atoms with van der Waals surface area (Å²) in [5.74, 6) is 1.55. The summed E-state index contributed by atoms with van der Waals surface area (Å²) in [4.78, 5) is 3.21. The number of nitrogens with zero attached hydrogens (tertiary/aromatic N) is 1. The molecular weight excluding hydrogens is 299 g/mol. The van der Waals surface area contributed by atoms with Gasteiger partial charge in [0.05, 0.1) is 21.1 Å². The van der Waals surface area contributed by atoms with Crippen molar-refractivity contribution in [3.8, 4) is 0 Å². The van der Waals surface area contributed by atoms with Crippen LogP contribution >= 0.6 is 35.4 Å². The van der Waals surface area contributed by atoms with Gasteiger partial charge in [0.15, 0.2) is 4.77 Å². The van der Waals surface area contributed by atoms with Crippen molar-refractivity contribution in [3.05, 3.63) is 26.9 Å². The van der Waals surface area contributed by atoms with Gasteiger partial charge in [0.25, 0.3) is 0 Å². The van der Waals surface area contributed by atoms with E-state index in [1.807, 2.05) is 12.1 Å². The van der Waals surface area contributed by atoms with Crippen molar-refractivity contribution in [2.45, 2.75) is 32.7 Å². The molecule has 0 bridgehead atoms. The van der Waals surface area contributed by atoms with E-state index in [0.29, 0.717) is 10.0 Å². The smallest absolute Gasteiger partial charge is 0.178 e. The van der Waals surface area contributed by atoms with Gasteiger partial charge in [0.2, 0.25) is 0 Å². The molecule has 1 aromatic heterocycles. The topological polar surface area (TPSA) is 20.7 Å². The largest absolute Gasteiger partial charge is 0.331 e. The van der Waals surface area contributed by atoms with Gasteiger partial charge in [-0.3, -0.25) is 0 Å². The summed E-state index contributed by atoms with van der Waals surface area (Å²) in [7, 11) is 0. The Kier molecular flexibility index (Phi) is 3.63. The predicted molar refractivity (Wildman–Crippen MR) is 83.6 cm³/mol. The third kappa shape index (κ3) is 2.56. The predicted octanol–water partition coefficient (Wildman–Crippen LogP) is 5.44. The van der Waals surface area contributed by atoms with Crippen LogP contribution in [0.3, 0.4) is 0 Å². The fourth-order valence-electron chi connectivity index (χ4n) is 3.08. The lowest BCUT2D eigenvalue weighted by Gasteiger charge is -2.11. The Morgan fingerprint density at radius 2 is 2.05 bits per heavy atom. The van der Waals surface area contributed by atoms with Gasteiger partial charge in [0.1, 0.15) is 0 Å². The summed E-state index contributed by atoms with van der Waals surface area (Å²) in [6.07, 6.45) is 3.90. The molecule has 0 saturated heterocycles. The van der Waals surface area contributed by atoms with Gasteiger partial charge in [-0.25, -0.2) is 0 Å². The van der Waals surface area contributed by atoms with Crippen LogP contribution in [-0.2, 0) is 6.54 Å². The van der Waals surface area contributed by atoms with Crippen LogP contribution in [0.1, 0.15) is 26.2 Å². The van der Waals surface area contributed by atoms with E-state index >= 15 is 0 Å². The number of aromatic nitrogens is 2. The molecule has 2 nitrogen and oxygen atoms in total. The Balaban J connectivity index is 2.01. The van der Waals surface area contributed by atoms with Crippen LogP contribution in [0, 0.1) is 16.6 Å². The number of imidazole rings is 1. The summed E-state index contributed by atoms with van der Waals surface area (Å²) < 4.78 is 2.92. The molecule has 1 N–H and O–H groups in total. The number of H-pyrrole nitrogens is 1. The van der Waals surface area contributed by atoms with Crippen LogP contribution in [0.2, 0.25) is 10.0 Å². The average molecular weight is 315 g/mol. The standard InChI is InChI=1S/C14H16Cl2N2S/c1-8-2-3-9(4-8)7-18-13-6-11(16)10(15)5-12(13)17-14(18)19/h5-6,8-9H,2-4,7H2,1H3,(H,17,19). The molecule has 1 saturated carbocycles. The second kappa shape index (κ2) is 5.12. The fraction of sp³-hybridized carbons (Fsp3) is 0.500. The lowest BCUT2D eigenvalue weighted by molar-refractivity contribution is 0.444. The van der Waals surface area contributed by atoms with Crippen molar-refractivity contribution in [3.63, 3.8) is 0 Å². The zero-order chi connectivity index (χ0) is 13.6. The van der Waals surface area contributed by atoms with Gasteiger partial charge in [-0.1, -0.05) is 36.5 Å². The molecule has 1 aliphatic carbocycles. The highest BCUT2D eigenvalue weighted by Crippen LogP contribution is 2.33. The van der Waals surface area contributed by atoms with Crippen molar-refractivity contribution >= 4 is 46.5 Å². The molecule has 2 atom stereocenters. The molecular formula is C14H16Cl2N2S. The van der Waals surface area contributed by atoms with Gasteiger partial charge in [0, 0.05) is 6.54 Å². The highest BCUT2D eigenvalue weighted by molar-refractivity contribution is 7.71. The summed E-state index contributed by atoms with van der Waals surface area (Å²) in [5.41, 5.74) is 2.02. The van der Waals surface area contributed by atoms with Crippen LogP contribution in [-0.4, -0.2) is 9.55 Å². The zero-order valence-corrected chi connectivity index (χ0v) is 13.1. The molecule has 0 spiro atoms. The summed E-state index contributed by atoms with van der Waals surface area (Å²) in [6.45, 7) is 3.30.